The van der Waals surface area contributed by atoms with Crippen molar-refractivity contribution in [2.45, 2.75) is 31.4 Å². The number of benzene rings is 1. The summed E-state index contributed by atoms with van der Waals surface area (Å²) in [5, 5.41) is 3.46. The zero-order valence-corrected chi connectivity index (χ0v) is 12.0. The van der Waals surface area contributed by atoms with Crippen molar-refractivity contribution in [2.75, 3.05) is 27.9 Å². The first-order chi connectivity index (χ1) is 9.21. The molecule has 1 aromatic carbocycles. The van der Waals surface area contributed by atoms with Crippen LogP contribution in [0.25, 0.3) is 0 Å². The van der Waals surface area contributed by atoms with Crippen LogP contribution in [0.3, 0.4) is 0 Å². The van der Waals surface area contributed by atoms with Crippen molar-refractivity contribution in [3.63, 3.8) is 0 Å². The maximum Gasteiger partial charge on any atom is 0.122 e. The minimum atomic E-state index is 0.0585. The molecule has 1 aliphatic rings. The molecule has 0 atom stereocenters. The summed E-state index contributed by atoms with van der Waals surface area (Å²) in [5.41, 5.74) is 1.21. The summed E-state index contributed by atoms with van der Waals surface area (Å²) < 4.78 is 16.1. The minimum Gasteiger partial charge on any atom is -0.497 e. The Hall–Kier alpha value is -1.26. The normalized spacial score (nSPS) is 16.8. The van der Waals surface area contributed by atoms with Crippen LogP contribution in [-0.4, -0.2) is 33.5 Å². The Labute approximate surface area is 115 Å². The van der Waals surface area contributed by atoms with E-state index in [1.165, 1.54) is 6.42 Å². The van der Waals surface area contributed by atoms with Crippen LogP contribution >= 0.6 is 0 Å². The van der Waals surface area contributed by atoms with Crippen molar-refractivity contribution in [2.24, 2.45) is 0 Å². The van der Waals surface area contributed by atoms with Gasteiger partial charge < -0.3 is 19.5 Å². The first kappa shape index (κ1) is 14.2. The Kier molecular flexibility index (Phi) is 4.66. The minimum absolute atomic E-state index is 0.0585. The van der Waals surface area contributed by atoms with E-state index in [0.29, 0.717) is 0 Å². The van der Waals surface area contributed by atoms with Gasteiger partial charge in [-0.1, -0.05) is 0 Å². The van der Waals surface area contributed by atoms with Gasteiger partial charge in [0, 0.05) is 26.3 Å². The van der Waals surface area contributed by atoms with Gasteiger partial charge in [0.2, 0.25) is 0 Å². The molecule has 106 valence electrons. The lowest BCUT2D eigenvalue weighted by Crippen LogP contribution is -2.47. The van der Waals surface area contributed by atoms with E-state index in [1.807, 2.05) is 18.2 Å². The van der Waals surface area contributed by atoms with Crippen LogP contribution in [0.15, 0.2) is 18.2 Å². The van der Waals surface area contributed by atoms with Crippen LogP contribution < -0.4 is 14.8 Å². The van der Waals surface area contributed by atoms with E-state index in [9.17, 15) is 0 Å². The van der Waals surface area contributed by atoms with Crippen LogP contribution in [0, 0.1) is 0 Å². The molecule has 1 aromatic rings. The summed E-state index contributed by atoms with van der Waals surface area (Å²) in [4.78, 5) is 0. The fraction of sp³-hybridized carbons (Fsp3) is 0.600. The van der Waals surface area contributed by atoms with E-state index in [1.54, 1.807) is 21.3 Å². The van der Waals surface area contributed by atoms with Crippen molar-refractivity contribution in [1.82, 2.24) is 5.32 Å². The third-order valence-electron chi connectivity index (χ3n) is 3.89. The molecule has 0 heterocycles. The fourth-order valence-electron chi connectivity index (χ4n) is 2.43. The van der Waals surface area contributed by atoms with Crippen LogP contribution in [0.1, 0.15) is 24.8 Å². The molecule has 1 saturated carbocycles. The first-order valence-electron chi connectivity index (χ1n) is 6.69. The van der Waals surface area contributed by atoms with Crippen molar-refractivity contribution in [3.05, 3.63) is 23.8 Å². The molecule has 1 N–H and O–H groups in total. The van der Waals surface area contributed by atoms with E-state index in [-0.39, 0.29) is 5.60 Å². The lowest BCUT2D eigenvalue weighted by molar-refractivity contribution is -0.0695. The molecule has 0 aliphatic heterocycles. The summed E-state index contributed by atoms with van der Waals surface area (Å²) in [6, 6.07) is 5.93. The third kappa shape index (κ3) is 3.39. The first-order valence-corrected chi connectivity index (χ1v) is 6.69. The second-order valence-electron chi connectivity index (χ2n) is 5.07. The molecule has 2 rings (SSSR count). The molecule has 0 radical (unpaired) electrons. The molecular formula is C15H23NO3. The SMILES string of the molecule is COc1cc(CNCC2(OC)CCC2)cc(OC)c1. The van der Waals surface area contributed by atoms with Gasteiger partial charge in [-0.3, -0.25) is 0 Å². The second kappa shape index (κ2) is 6.26. The van der Waals surface area contributed by atoms with Gasteiger partial charge in [0.05, 0.1) is 19.8 Å². The van der Waals surface area contributed by atoms with Gasteiger partial charge >= 0.3 is 0 Å². The van der Waals surface area contributed by atoms with E-state index in [0.717, 1.165) is 43.0 Å². The largest absolute Gasteiger partial charge is 0.497 e. The predicted octanol–water partition coefficient (Wildman–Crippen LogP) is 2.36. The topological polar surface area (TPSA) is 39.7 Å². The number of methoxy groups -OCH3 is 3. The number of ether oxygens (including phenoxy) is 3. The number of nitrogens with one attached hydrogen (secondary N) is 1. The Bertz CT molecular complexity index is 388. The predicted molar refractivity (Wildman–Crippen MR) is 74.8 cm³/mol. The fourth-order valence-corrected chi connectivity index (χ4v) is 2.43. The van der Waals surface area contributed by atoms with Gasteiger partial charge in [0.25, 0.3) is 0 Å². The van der Waals surface area contributed by atoms with Crippen LogP contribution in [0.2, 0.25) is 0 Å². The number of rotatable bonds is 7. The highest BCUT2D eigenvalue weighted by Crippen LogP contribution is 2.34. The average molecular weight is 265 g/mol. The van der Waals surface area contributed by atoms with Gasteiger partial charge in [0.1, 0.15) is 11.5 Å². The van der Waals surface area contributed by atoms with Crippen molar-refractivity contribution in [1.29, 1.82) is 0 Å². The molecule has 0 aromatic heterocycles. The Morgan fingerprint density at radius 2 is 1.68 bits per heavy atom. The van der Waals surface area contributed by atoms with Gasteiger partial charge in [-0.15, -0.1) is 0 Å². The number of hydrogen-bond donors (Lipinski definition) is 1. The molecule has 0 amide bonds. The smallest absolute Gasteiger partial charge is 0.122 e. The molecule has 1 fully saturated rings. The highest BCUT2D eigenvalue weighted by atomic mass is 16.5. The molecule has 4 nitrogen and oxygen atoms in total. The second-order valence-corrected chi connectivity index (χ2v) is 5.07. The van der Waals surface area contributed by atoms with Crippen LogP contribution in [-0.2, 0) is 11.3 Å². The van der Waals surface area contributed by atoms with Crippen molar-refractivity contribution < 1.29 is 14.2 Å². The maximum absolute atomic E-state index is 5.59. The van der Waals surface area contributed by atoms with E-state index >= 15 is 0 Å². The van der Waals surface area contributed by atoms with E-state index in [2.05, 4.69) is 5.32 Å². The monoisotopic (exact) mass is 265 g/mol. The summed E-state index contributed by atoms with van der Waals surface area (Å²) in [7, 11) is 5.13. The highest BCUT2D eigenvalue weighted by Gasteiger charge is 2.36. The Balaban J connectivity index is 1.91. The van der Waals surface area contributed by atoms with Gasteiger partial charge in [-0.2, -0.15) is 0 Å². The number of hydrogen-bond acceptors (Lipinski definition) is 4. The lowest BCUT2D eigenvalue weighted by Gasteiger charge is -2.40. The standard InChI is InChI=1S/C15H23NO3/c1-17-13-7-12(8-14(9-13)18-2)10-16-11-15(19-3)5-4-6-15/h7-9,16H,4-6,10-11H2,1-3H3. The summed E-state index contributed by atoms with van der Waals surface area (Å²) >= 11 is 0. The van der Waals surface area contributed by atoms with Gasteiger partial charge in [-0.25, -0.2) is 0 Å². The molecule has 0 bridgehead atoms. The molecular weight excluding hydrogens is 242 g/mol. The van der Waals surface area contributed by atoms with Gasteiger partial charge in [-0.05, 0) is 37.0 Å². The van der Waals surface area contributed by atoms with E-state index in [4.69, 9.17) is 14.2 Å². The quantitative estimate of drug-likeness (QED) is 0.821. The maximum atomic E-state index is 5.59. The molecule has 19 heavy (non-hydrogen) atoms. The molecule has 4 heteroatoms. The van der Waals surface area contributed by atoms with Crippen LogP contribution in [0.4, 0.5) is 0 Å². The summed E-state index contributed by atoms with van der Waals surface area (Å²) in [6.45, 7) is 1.68. The van der Waals surface area contributed by atoms with Crippen LogP contribution in [0.5, 0.6) is 11.5 Å². The third-order valence-corrected chi connectivity index (χ3v) is 3.89. The average Bonchev–Trinajstić information content (AvgIpc) is 2.41. The zero-order chi connectivity index (χ0) is 13.7. The molecule has 0 spiro atoms. The Morgan fingerprint density at radius 1 is 1.05 bits per heavy atom. The lowest BCUT2D eigenvalue weighted by atomic mass is 9.80. The molecule has 0 saturated heterocycles. The molecule has 1 aliphatic carbocycles. The summed E-state index contributed by atoms with van der Waals surface area (Å²) in [5.74, 6) is 1.64. The zero-order valence-electron chi connectivity index (χ0n) is 12.0. The van der Waals surface area contributed by atoms with Crippen molar-refractivity contribution >= 4 is 0 Å². The molecule has 0 unspecified atom stereocenters. The van der Waals surface area contributed by atoms with E-state index < -0.39 is 0 Å². The van der Waals surface area contributed by atoms with Crippen molar-refractivity contribution in [3.8, 4) is 11.5 Å². The van der Waals surface area contributed by atoms with Gasteiger partial charge in [0.15, 0.2) is 0 Å². The highest BCUT2D eigenvalue weighted by molar-refractivity contribution is 5.38. The Morgan fingerprint density at radius 3 is 2.11 bits per heavy atom. The summed E-state index contributed by atoms with van der Waals surface area (Å²) in [6.07, 6.45) is 3.57.